The lowest BCUT2D eigenvalue weighted by Gasteiger charge is -2.29. The Balaban J connectivity index is 1.46. The molecule has 2 N–H and O–H groups in total. The van der Waals surface area contributed by atoms with Gasteiger partial charge in [0.15, 0.2) is 0 Å². The summed E-state index contributed by atoms with van der Waals surface area (Å²) in [5.74, 6) is 0.455. The van der Waals surface area contributed by atoms with Crippen LogP contribution in [0.1, 0.15) is 18.5 Å². The largest absolute Gasteiger partial charge is 0.369 e. The van der Waals surface area contributed by atoms with Crippen LogP contribution < -0.4 is 21.1 Å². The molecule has 0 aliphatic carbocycles. The summed E-state index contributed by atoms with van der Waals surface area (Å²) in [4.78, 5) is 24.4. The number of nitrogens with zero attached hydrogens (tertiary/aromatic N) is 4. The van der Waals surface area contributed by atoms with E-state index in [-0.39, 0.29) is 11.6 Å². The molecule has 2 aromatic heterocycles. The van der Waals surface area contributed by atoms with Crippen molar-refractivity contribution < 1.29 is 0 Å². The molecule has 2 aromatic carbocycles. The summed E-state index contributed by atoms with van der Waals surface area (Å²) in [5.41, 5.74) is 3.62. The summed E-state index contributed by atoms with van der Waals surface area (Å²) in [6, 6.07) is 19.4. The Morgan fingerprint density at radius 2 is 1.79 bits per heavy atom. The first-order valence-electron chi connectivity index (χ1n) is 11.1. The third kappa shape index (κ3) is 4.49. The molecule has 1 unspecified atom stereocenters. The first-order valence-corrected chi connectivity index (χ1v) is 11.8. The van der Waals surface area contributed by atoms with Crippen molar-refractivity contribution in [3.8, 4) is 0 Å². The molecule has 5 rings (SSSR count). The van der Waals surface area contributed by atoms with E-state index in [1.54, 1.807) is 22.9 Å². The summed E-state index contributed by atoms with van der Waals surface area (Å²) in [5, 5.41) is 7.47. The third-order valence-corrected chi connectivity index (χ3v) is 6.74. The quantitative estimate of drug-likeness (QED) is 0.421. The van der Waals surface area contributed by atoms with Crippen LogP contribution in [-0.2, 0) is 0 Å². The van der Waals surface area contributed by atoms with E-state index in [1.807, 2.05) is 43.3 Å². The van der Waals surface area contributed by atoms with Gasteiger partial charge >= 0.3 is 0 Å². The number of pyridine rings is 1. The number of anilines is 3. The van der Waals surface area contributed by atoms with Crippen molar-refractivity contribution in [2.75, 3.05) is 36.4 Å². The summed E-state index contributed by atoms with van der Waals surface area (Å²) >= 11 is 3.61. The molecule has 0 spiro atoms. The molecule has 1 atom stereocenters. The molecular weight excluding hydrogens is 480 g/mol. The first-order chi connectivity index (χ1) is 16.1. The maximum absolute atomic E-state index is 12.9. The van der Waals surface area contributed by atoms with Crippen molar-refractivity contribution >= 4 is 44.3 Å². The topological polar surface area (TPSA) is 75.1 Å². The smallest absolute Gasteiger partial charge is 0.252 e. The molecule has 0 radical (unpaired) electrons. The minimum atomic E-state index is -0.196. The van der Waals surface area contributed by atoms with E-state index in [0.717, 1.165) is 47.3 Å². The third-order valence-electron chi connectivity index (χ3n) is 6.02. The Hall–Kier alpha value is -3.23. The lowest BCUT2D eigenvalue weighted by molar-refractivity contribution is 0.589. The number of fused-ring (bicyclic) bond motifs is 1. The maximum Gasteiger partial charge on any atom is 0.252 e. The van der Waals surface area contributed by atoms with Crippen molar-refractivity contribution in [3.05, 3.63) is 87.3 Å². The van der Waals surface area contributed by atoms with Crippen molar-refractivity contribution in [3.63, 3.8) is 0 Å². The van der Waals surface area contributed by atoms with Crippen molar-refractivity contribution in [2.45, 2.75) is 13.0 Å². The second-order valence-electron chi connectivity index (χ2n) is 8.12. The van der Waals surface area contributed by atoms with Crippen molar-refractivity contribution in [2.24, 2.45) is 0 Å². The van der Waals surface area contributed by atoms with Gasteiger partial charge in [-0.25, -0.2) is 4.98 Å². The Labute approximate surface area is 200 Å². The highest BCUT2D eigenvalue weighted by Crippen LogP contribution is 2.27. The van der Waals surface area contributed by atoms with Gasteiger partial charge in [0.2, 0.25) is 5.95 Å². The number of aromatic nitrogens is 3. The Kier molecular flexibility index (Phi) is 6.11. The predicted octanol–water partition coefficient (Wildman–Crippen LogP) is 4.32. The molecule has 7 nitrogen and oxygen atoms in total. The highest BCUT2D eigenvalue weighted by atomic mass is 79.9. The van der Waals surface area contributed by atoms with E-state index in [2.05, 4.69) is 48.6 Å². The SMILES string of the molecule is CC(c1ccccc1Br)n1c(=O)ccc2cnc(Nc3ccc(N4CCNCC4)cc3)nc21. The van der Waals surface area contributed by atoms with Gasteiger partial charge in [0.25, 0.3) is 5.56 Å². The van der Waals surface area contributed by atoms with E-state index < -0.39 is 0 Å². The first kappa shape index (κ1) is 21.6. The molecule has 33 heavy (non-hydrogen) atoms. The highest BCUT2D eigenvalue weighted by Gasteiger charge is 2.17. The van der Waals surface area contributed by atoms with Crippen LogP contribution in [0.3, 0.4) is 0 Å². The fourth-order valence-electron chi connectivity index (χ4n) is 4.23. The zero-order valence-corrected chi connectivity index (χ0v) is 19.9. The molecule has 0 bridgehead atoms. The van der Waals surface area contributed by atoms with E-state index in [4.69, 9.17) is 4.98 Å². The van der Waals surface area contributed by atoms with Crippen LogP contribution in [0.15, 0.2) is 76.1 Å². The van der Waals surface area contributed by atoms with Crippen LogP contribution in [0.2, 0.25) is 0 Å². The van der Waals surface area contributed by atoms with Gasteiger partial charge in [-0.2, -0.15) is 4.98 Å². The summed E-state index contributed by atoms with van der Waals surface area (Å²) < 4.78 is 2.67. The molecule has 4 aromatic rings. The molecule has 3 heterocycles. The second-order valence-corrected chi connectivity index (χ2v) is 8.97. The number of halogens is 1. The fourth-order valence-corrected chi connectivity index (χ4v) is 4.85. The number of nitrogens with one attached hydrogen (secondary N) is 2. The second kappa shape index (κ2) is 9.33. The van der Waals surface area contributed by atoms with Crippen molar-refractivity contribution in [1.29, 1.82) is 0 Å². The lowest BCUT2D eigenvalue weighted by Crippen LogP contribution is -2.43. The van der Waals surface area contributed by atoms with Crippen LogP contribution in [0, 0.1) is 0 Å². The molecule has 1 fully saturated rings. The predicted molar refractivity (Wildman–Crippen MR) is 137 cm³/mol. The number of rotatable bonds is 5. The molecule has 1 saturated heterocycles. The van der Waals surface area contributed by atoms with E-state index >= 15 is 0 Å². The van der Waals surface area contributed by atoms with E-state index in [9.17, 15) is 4.79 Å². The standard InChI is InChI=1S/C25H25BrN6O/c1-17(21-4-2-3-5-22(21)26)32-23(33)11-6-18-16-28-25(30-24(18)32)29-19-7-9-20(10-8-19)31-14-12-27-13-15-31/h2-11,16-17,27H,12-15H2,1H3,(H,28,29,30). The van der Waals surface area contributed by atoms with Crippen molar-refractivity contribution in [1.82, 2.24) is 19.9 Å². The highest BCUT2D eigenvalue weighted by molar-refractivity contribution is 9.10. The van der Waals surface area contributed by atoms with Gasteiger partial charge in [0.1, 0.15) is 5.65 Å². The normalized spacial score (nSPS) is 14.9. The van der Waals surface area contributed by atoms with Gasteiger partial charge in [-0.15, -0.1) is 0 Å². The Morgan fingerprint density at radius 3 is 2.55 bits per heavy atom. The molecule has 0 saturated carbocycles. The van der Waals surface area contributed by atoms with Gasteiger partial charge in [0.05, 0.1) is 6.04 Å². The van der Waals surface area contributed by atoms with Gasteiger partial charge < -0.3 is 15.5 Å². The van der Waals surface area contributed by atoms with Crippen LogP contribution in [0.5, 0.6) is 0 Å². The van der Waals surface area contributed by atoms with Gasteiger partial charge in [0, 0.05) is 59.7 Å². The molecule has 1 aliphatic rings. The van der Waals surface area contributed by atoms with Crippen LogP contribution in [0.25, 0.3) is 11.0 Å². The molecule has 1 aliphatic heterocycles. The Bertz CT molecular complexity index is 1330. The van der Waals surface area contributed by atoms with Crippen LogP contribution in [0.4, 0.5) is 17.3 Å². The maximum atomic E-state index is 12.9. The molecule has 0 amide bonds. The zero-order chi connectivity index (χ0) is 22.8. The average Bonchev–Trinajstić information content (AvgIpc) is 2.85. The number of piperazine rings is 1. The minimum Gasteiger partial charge on any atom is -0.369 e. The summed E-state index contributed by atoms with van der Waals surface area (Å²) in [6.07, 6.45) is 1.75. The minimum absolute atomic E-state index is 0.101. The van der Waals surface area contributed by atoms with Gasteiger partial charge in [-0.05, 0) is 48.9 Å². The van der Waals surface area contributed by atoms with E-state index in [0.29, 0.717) is 11.6 Å². The number of hydrogen-bond donors (Lipinski definition) is 2. The average molecular weight is 505 g/mol. The molecule has 8 heteroatoms. The van der Waals surface area contributed by atoms with Crippen LogP contribution >= 0.6 is 15.9 Å². The summed E-state index contributed by atoms with van der Waals surface area (Å²) in [7, 11) is 0. The zero-order valence-electron chi connectivity index (χ0n) is 18.3. The van der Waals surface area contributed by atoms with E-state index in [1.165, 1.54) is 5.69 Å². The molecule has 168 valence electrons. The van der Waals surface area contributed by atoms with Gasteiger partial charge in [-0.1, -0.05) is 34.1 Å². The number of benzene rings is 2. The van der Waals surface area contributed by atoms with Gasteiger partial charge in [-0.3, -0.25) is 9.36 Å². The number of hydrogen-bond acceptors (Lipinski definition) is 6. The summed E-state index contributed by atoms with van der Waals surface area (Å²) in [6.45, 7) is 6.03. The Morgan fingerprint density at radius 1 is 1.03 bits per heavy atom. The lowest BCUT2D eigenvalue weighted by atomic mass is 10.1. The monoisotopic (exact) mass is 504 g/mol. The fraction of sp³-hybridized carbons (Fsp3) is 0.240. The molecular formula is C25H25BrN6O. The van der Waals surface area contributed by atoms with Crippen LogP contribution in [-0.4, -0.2) is 40.7 Å².